The topological polar surface area (TPSA) is 61.8 Å². The molecular weight excluding hydrogens is 271 g/mol. The molecule has 1 unspecified atom stereocenters. The molecule has 0 spiro atoms. The highest BCUT2D eigenvalue weighted by Gasteiger charge is 2.34. The molecule has 4 nitrogen and oxygen atoms in total. The van der Waals surface area contributed by atoms with Crippen LogP contribution in [0.4, 0.5) is 18.9 Å². The first kappa shape index (κ1) is 16.1. The lowest BCUT2D eigenvalue weighted by Crippen LogP contribution is -2.29. The van der Waals surface area contributed by atoms with E-state index in [4.69, 9.17) is 10.9 Å². The van der Waals surface area contributed by atoms with Crippen LogP contribution in [0.2, 0.25) is 0 Å². The number of benzene rings is 1. The van der Waals surface area contributed by atoms with Crippen molar-refractivity contribution in [2.75, 3.05) is 11.9 Å². The maximum atomic E-state index is 12.9. The second-order valence-corrected chi connectivity index (χ2v) is 4.58. The molecule has 112 valence electrons. The highest BCUT2D eigenvalue weighted by molar-refractivity contribution is 5.99. The van der Waals surface area contributed by atoms with Gasteiger partial charge in [0.2, 0.25) is 0 Å². The van der Waals surface area contributed by atoms with Crippen LogP contribution in [0.15, 0.2) is 23.4 Å². The van der Waals surface area contributed by atoms with E-state index in [2.05, 4.69) is 5.16 Å². The zero-order valence-corrected chi connectivity index (χ0v) is 11.6. The molecule has 0 heterocycles. The van der Waals surface area contributed by atoms with Crippen LogP contribution in [-0.2, 0) is 6.18 Å². The van der Waals surface area contributed by atoms with Crippen LogP contribution in [0.1, 0.15) is 31.4 Å². The molecule has 0 fully saturated rings. The summed E-state index contributed by atoms with van der Waals surface area (Å²) < 4.78 is 38.7. The number of oxime groups is 1. The van der Waals surface area contributed by atoms with Crippen LogP contribution >= 0.6 is 0 Å². The smallest absolute Gasteiger partial charge is 0.409 e. The van der Waals surface area contributed by atoms with Gasteiger partial charge in [0.25, 0.3) is 0 Å². The van der Waals surface area contributed by atoms with Gasteiger partial charge < -0.3 is 15.8 Å². The van der Waals surface area contributed by atoms with Crippen molar-refractivity contribution in [3.8, 4) is 0 Å². The van der Waals surface area contributed by atoms with E-state index < -0.39 is 17.6 Å². The maximum absolute atomic E-state index is 12.9. The predicted molar refractivity (Wildman–Crippen MR) is 72.1 cm³/mol. The summed E-state index contributed by atoms with van der Waals surface area (Å²) >= 11 is 0. The van der Waals surface area contributed by atoms with Gasteiger partial charge in [0.1, 0.15) is 0 Å². The number of alkyl halides is 3. The molecule has 1 aromatic rings. The summed E-state index contributed by atoms with van der Waals surface area (Å²) in [7, 11) is 1.78. The van der Waals surface area contributed by atoms with Crippen molar-refractivity contribution in [3.63, 3.8) is 0 Å². The predicted octanol–water partition coefficient (Wildman–Crippen LogP) is 3.03. The molecule has 7 heteroatoms. The number of rotatable bonds is 4. The van der Waals surface area contributed by atoms with Crippen molar-refractivity contribution in [2.45, 2.75) is 32.5 Å². The second kappa shape index (κ2) is 6.02. The van der Waals surface area contributed by atoms with Crippen molar-refractivity contribution in [1.29, 1.82) is 0 Å². The Labute approximate surface area is 115 Å². The van der Waals surface area contributed by atoms with Crippen LogP contribution in [0.25, 0.3) is 0 Å². The zero-order chi connectivity index (χ0) is 15.5. The van der Waals surface area contributed by atoms with Gasteiger partial charge in [0.05, 0.1) is 5.56 Å². The molecule has 1 atom stereocenters. The Morgan fingerprint density at radius 1 is 1.45 bits per heavy atom. The molecular formula is C13H18F3N3O. The summed E-state index contributed by atoms with van der Waals surface area (Å²) in [5.41, 5.74) is 4.68. The fraction of sp³-hybridized carbons (Fsp3) is 0.462. The third kappa shape index (κ3) is 3.34. The van der Waals surface area contributed by atoms with Gasteiger partial charge in [-0.25, -0.2) is 0 Å². The first-order valence-electron chi connectivity index (χ1n) is 6.14. The van der Waals surface area contributed by atoms with Gasteiger partial charge in [-0.05, 0) is 31.5 Å². The van der Waals surface area contributed by atoms with Gasteiger partial charge in [0.15, 0.2) is 5.84 Å². The minimum atomic E-state index is -4.56. The molecule has 0 aliphatic carbocycles. The fourth-order valence-corrected chi connectivity index (χ4v) is 1.79. The van der Waals surface area contributed by atoms with E-state index in [0.717, 1.165) is 12.5 Å². The summed E-state index contributed by atoms with van der Waals surface area (Å²) in [5.74, 6) is -0.559. The first-order valence-corrected chi connectivity index (χ1v) is 6.14. The third-order valence-corrected chi connectivity index (χ3v) is 3.35. The molecule has 3 N–H and O–H groups in total. The van der Waals surface area contributed by atoms with E-state index in [1.807, 2.05) is 18.7 Å². The average molecular weight is 289 g/mol. The highest BCUT2D eigenvalue weighted by atomic mass is 19.4. The van der Waals surface area contributed by atoms with E-state index in [1.54, 1.807) is 7.05 Å². The Bertz CT molecular complexity index is 500. The lowest BCUT2D eigenvalue weighted by atomic mass is 10.0. The van der Waals surface area contributed by atoms with Crippen LogP contribution in [0.3, 0.4) is 0 Å². The van der Waals surface area contributed by atoms with Crippen molar-refractivity contribution < 1.29 is 18.4 Å². The summed E-state index contributed by atoms with van der Waals surface area (Å²) in [6, 6.07) is 3.77. The Kier molecular flexibility index (Phi) is 4.86. The summed E-state index contributed by atoms with van der Waals surface area (Å²) in [5, 5.41) is 11.3. The summed E-state index contributed by atoms with van der Waals surface area (Å²) in [6.45, 7) is 3.94. The second-order valence-electron chi connectivity index (χ2n) is 4.58. The average Bonchev–Trinajstić information content (AvgIpc) is 2.43. The highest BCUT2D eigenvalue weighted by Crippen LogP contribution is 2.34. The number of hydrogen-bond donors (Lipinski definition) is 2. The molecule has 1 aromatic carbocycles. The first-order chi connectivity index (χ1) is 9.22. The van der Waals surface area contributed by atoms with Crippen LogP contribution in [-0.4, -0.2) is 24.1 Å². The van der Waals surface area contributed by atoms with Gasteiger partial charge in [-0.2, -0.15) is 13.2 Å². The summed E-state index contributed by atoms with van der Waals surface area (Å²) in [6.07, 6.45) is -3.71. The Hall–Kier alpha value is -1.92. The lowest BCUT2D eigenvalue weighted by Gasteiger charge is -2.27. The number of nitrogens with two attached hydrogens (primary N) is 1. The summed E-state index contributed by atoms with van der Waals surface area (Å²) in [4.78, 5) is 1.84. The zero-order valence-electron chi connectivity index (χ0n) is 11.6. The number of halogens is 3. The SMILES string of the molecule is CCC(C)N(C)c1ccc(C(F)(F)F)c(/C(N)=N/O)c1. The van der Waals surface area contributed by atoms with E-state index in [-0.39, 0.29) is 11.6 Å². The minimum absolute atomic E-state index is 0.159. The molecule has 0 aliphatic rings. The standard InChI is InChI=1S/C13H18F3N3O/c1-4-8(2)19(3)9-5-6-11(13(14,15)16)10(7-9)12(17)18-20/h5-8,20H,4H2,1-3H3,(H2,17,18). The van der Waals surface area contributed by atoms with Gasteiger partial charge >= 0.3 is 6.18 Å². The third-order valence-electron chi connectivity index (χ3n) is 3.35. The Balaban J connectivity index is 3.36. The molecule has 0 saturated heterocycles. The maximum Gasteiger partial charge on any atom is 0.417 e. The van der Waals surface area contributed by atoms with Gasteiger partial charge in [-0.3, -0.25) is 0 Å². The number of hydrogen-bond acceptors (Lipinski definition) is 3. The van der Waals surface area contributed by atoms with Crippen molar-refractivity contribution >= 4 is 11.5 Å². The monoisotopic (exact) mass is 289 g/mol. The molecule has 0 aliphatic heterocycles. The number of nitrogens with zero attached hydrogens (tertiary/aromatic N) is 2. The lowest BCUT2D eigenvalue weighted by molar-refractivity contribution is -0.137. The molecule has 20 heavy (non-hydrogen) atoms. The molecule has 0 amide bonds. The van der Waals surface area contributed by atoms with Crippen LogP contribution in [0, 0.1) is 0 Å². The quantitative estimate of drug-likeness (QED) is 0.387. The molecule has 0 bridgehead atoms. The van der Waals surface area contributed by atoms with Crippen molar-refractivity contribution in [3.05, 3.63) is 29.3 Å². The normalized spacial score (nSPS) is 14.2. The van der Waals surface area contributed by atoms with Crippen molar-refractivity contribution in [2.24, 2.45) is 10.9 Å². The van der Waals surface area contributed by atoms with Gasteiger partial charge in [-0.15, -0.1) is 0 Å². The van der Waals surface area contributed by atoms with Gasteiger partial charge in [0, 0.05) is 24.3 Å². The Morgan fingerprint density at radius 2 is 2.05 bits per heavy atom. The van der Waals surface area contributed by atoms with Crippen LogP contribution < -0.4 is 10.6 Å². The van der Waals surface area contributed by atoms with Crippen LogP contribution in [0.5, 0.6) is 0 Å². The van der Waals surface area contributed by atoms with Crippen molar-refractivity contribution in [1.82, 2.24) is 0 Å². The number of anilines is 1. The Morgan fingerprint density at radius 3 is 2.50 bits per heavy atom. The molecule has 1 rings (SSSR count). The van der Waals surface area contributed by atoms with Gasteiger partial charge in [-0.1, -0.05) is 12.1 Å². The van der Waals surface area contributed by atoms with E-state index in [9.17, 15) is 13.2 Å². The largest absolute Gasteiger partial charge is 0.417 e. The van der Waals surface area contributed by atoms with E-state index >= 15 is 0 Å². The molecule has 0 saturated carbocycles. The minimum Gasteiger partial charge on any atom is -0.409 e. The molecule has 0 aromatic heterocycles. The fourth-order valence-electron chi connectivity index (χ4n) is 1.79. The number of amidine groups is 1. The van der Waals surface area contributed by atoms with E-state index in [0.29, 0.717) is 5.69 Å². The molecule has 0 radical (unpaired) electrons. The van der Waals surface area contributed by atoms with E-state index in [1.165, 1.54) is 12.1 Å².